The zero-order valence-electron chi connectivity index (χ0n) is 14.7. The molecule has 0 aliphatic carbocycles. The van der Waals surface area contributed by atoms with Gasteiger partial charge in [-0.15, -0.1) is 0 Å². The van der Waals surface area contributed by atoms with Crippen molar-refractivity contribution in [3.8, 4) is 0 Å². The molecule has 0 radical (unpaired) electrons. The van der Waals surface area contributed by atoms with Crippen LogP contribution in [-0.2, 0) is 11.3 Å². The van der Waals surface area contributed by atoms with Crippen LogP contribution in [0.2, 0.25) is 10.0 Å². The van der Waals surface area contributed by atoms with Gasteiger partial charge in [0.25, 0.3) is 0 Å². The van der Waals surface area contributed by atoms with Gasteiger partial charge in [0, 0.05) is 48.5 Å². The van der Waals surface area contributed by atoms with Crippen LogP contribution in [0.3, 0.4) is 0 Å². The molecule has 1 atom stereocenters. The van der Waals surface area contributed by atoms with Crippen molar-refractivity contribution in [1.82, 2.24) is 4.90 Å². The highest BCUT2D eigenvalue weighted by molar-refractivity contribution is 6.31. The molecule has 3 rings (SSSR count). The standard InChI is InChI=1S/C20H24Cl2N2O2/c21-17-5-3-6-18(12-17)24-10-8-23(9-11-24)13-19(25)15-26-14-16-4-1-2-7-20(16)22/h1-7,12,19,25H,8-11,13-15H2/t19-/m0/s1. The summed E-state index contributed by atoms with van der Waals surface area (Å²) in [5, 5.41) is 11.7. The van der Waals surface area contributed by atoms with Gasteiger partial charge in [0.15, 0.2) is 0 Å². The first kappa shape index (κ1) is 19.5. The Morgan fingerprint density at radius 3 is 2.50 bits per heavy atom. The number of hydrogen-bond acceptors (Lipinski definition) is 4. The SMILES string of the molecule is O[C@H](COCc1ccccc1Cl)CN1CCN(c2cccc(Cl)c2)CC1. The lowest BCUT2D eigenvalue weighted by atomic mass is 10.2. The minimum atomic E-state index is -0.504. The highest BCUT2D eigenvalue weighted by Gasteiger charge is 2.19. The molecule has 26 heavy (non-hydrogen) atoms. The van der Waals surface area contributed by atoms with Gasteiger partial charge in [0.1, 0.15) is 0 Å². The third-order valence-electron chi connectivity index (χ3n) is 4.54. The van der Waals surface area contributed by atoms with Crippen LogP contribution in [0.25, 0.3) is 0 Å². The summed E-state index contributed by atoms with van der Waals surface area (Å²) in [6.45, 7) is 5.01. The third-order valence-corrected chi connectivity index (χ3v) is 5.14. The summed E-state index contributed by atoms with van der Waals surface area (Å²) in [6.07, 6.45) is -0.504. The molecule has 1 fully saturated rings. The van der Waals surface area contributed by atoms with Crippen LogP contribution in [0, 0.1) is 0 Å². The molecule has 6 heteroatoms. The van der Waals surface area contributed by atoms with Gasteiger partial charge in [-0.3, -0.25) is 4.90 Å². The van der Waals surface area contributed by atoms with Crippen LogP contribution < -0.4 is 4.90 Å². The maximum atomic E-state index is 10.2. The third kappa shape index (κ3) is 5.60. The molecular formula is C20H24Cl2N2O2. The van der Waals surface area contributed by atoms with Gasteiger partial charge < -0.3 is 14.7 Å². The number of halogens is 2. The Kier molecular flexibility index (Phi) is 7.17. The van der Waals surface area contributed by atoms with Crippen molar-refractivity contribution in [2.24, 2.45) is 0 Å². The van der Waals surface area contributed by atoms with Gasteiger partial charge in [-0.1, -0.05) is 47.5 Å². The predicted octanol–water partition coefficient (Wildman–Crippen LogP) is 3.69. The Hall–Kier alpha value is -1.30. The fourth-order valence-corrected chi connectivity index (χ4v) is 3.51. The van der Waals surface area contributed by atoms with Crippen molar-refractivity contribution in [2.45, 2.75) is 12.7 Å². The number of hydrogen-bond donors (Lipinski definition) is 1. The largest absolute Gasteiger partial charge is 0.389 e. The van der Waals surface area contributed by atoms with Crippen molar-refractivity contribution in [2.75, 3.05) is 44.2 Å². The molecule has 1 heterocycles. The van der Waals surface area contributed by atoms with Crippen LogP contribution in [0.1, 0.15) is 5.56 Å². The van der Waals surface area contributed by atoms with E-state index in [0.717, 1.165) is 42.5 Å². The minimum absolute atomic E-state index is 0.305. The number of aliphatic hydroxyl groups excluding tert-OH is 1. The Morgan fingerprint density at radius 2 is 1.77 bits per heavy atom. The van der Waals surface area contributed by atoms with Crippen LogP contribution in [0.15, 0.2) is 48.5 Å². The number of aliphatic hydroxyl groups is 1. The highest BCUT2D eigenvalue weighted by atomic mass is 35.5. The monoisotopic (exact) mass is 394 g/mol. The number of β-amino-alcohol motifs (C(OH)–C–C–N with tert-alkyl or cyclic N) is 1. The van der Waals surface area contributed by atoms with E-state index in [4.69, 9.17) is 27.9 Å². The van der Waals surface area contributed by atoms with E-state index in [1.165, 1.54) is 0 Å². The van der Waals surface area contributed by atoms with Gasteiger partial charge in [-0.25, -0.2) is 0 Å². The maximum Gasteiger partial charge on any atom is 0.0900 e. The molecule has 0 bridgehead atoms. The van der Waals surface area contributed by atoms with E-state index in [2.05, 4.69) is 15.9 Å². The van der Waals surface area contributed by atoms with Crippen molar-refractivity contribution >= 4 is 28.9 Å². The molecule has 1 saturated heterocycles. The number of piperazine rings is 1. The average Bonchev–Trinajstić information content (AvgIpc) is 2.64. The number of benzene rings is 2. The molecule has 0 saturated carbocycles. The van der Waals surface area contributed by atoms with Crippen molar-refractivity contribution in [3.05, 3.63) is 64.1 Å². The van der Waals surface area contributed by atoms with Crippen LogP contribution in [0.5, 0.6) is 0 Å². The second-order valence-corrected chi connectivity index (χ2v) is 7.37. The Morgan fingerprint density at radius 1 is 1.00 bits per heavy atom. The predicted molar refractivity (Wildman–Crippen MR) is 107 cm³/mol. The van der Waals surface area contributed by atoms with Gasteiger partial charge in [-0.2, -0.15) is 0 Å². The zero-order chi connectivity index (χ0) is 18.4. The number of anilines is 1. The fraction of sp³-hybridized carbons (Fsp3) is 0.400. The molecule has 140 valence electrons. The molecule has 0 spiro atoms. The summed E-state index contributed by atoms with van der Waals surface area (Å²) >= 11 is 12.2. The topological polar surface area (TPSA) is 35.9 Å². The number of nitrogens with zero attached hydrogens (tertiary/aromatic N) is 2. The summed E-state index contributed by atoms with van der Waals surface area (Å²) < 4.78 is 5.62. The van der Waals surface area contributed by atoms with Crippen LogP contribution >= 0.6 is 23.2 Å². The van der Waals surface area contributed by atoms with E-state index < -0.39 is 6.10 Å². The molecule has 2 aromatic rings. The molecule has 0 unspecified atom stereocenters. The summed E-state index contributed by atoms with van der Waals surface area (Å²) in [7, 11) is 0. The van der Waals surface area contributed by atoms with Crippen molar-refractivity contribution in [3.63, 3.8) is 0 Å². The zero-order valence-corrected chi connectivity index (χ0v) is 16.2. The number of ether oxygens (including phenoxy) is 1. The maximum absolute atomic E-state index is 10.2. The molecule has 1 aliphatic rings. The van der Waals surface area contributed by atoms with Gasteiger partial charge in [-0.05, 0) is 29.8 Å². The van der Waals surface area contributed by atoms with E-state index in [1.807, 2.05) is 42.5 Å². The van der Waals surface area contributed by atoms with Crippen LogP contribution in [-0.4, -0.2) is 55.4 Å². The molecule has 0 amide bonds. The van der Waals surface area contributed by atoms with E-state index in [1.54, 1.807) is 0 Å². The second-order valence-electron chi connectivity index (χ2n) is 6.53. The van der Waals surface area contributed by atoms with Crippen LogP contribution in [0.4, 0.5) is 5.69 Å². The summed E-state index contributed by atoms with van der Waals surface area (Å²) in [5.74, 6) is 0. The summed E-state index contributed by atoms with van der Waals surface area (Å²) in [4.78, 5) is 4.59. The lowest BCUT2D eigenvalue weighted by Crippen LogP contribution is -2.49. The molecule has 1 N–H and O–H groups in total. The Bertz CT molecular complexity index is 706. The first-order valence-electron chi connectivity index (χ1n) is 8.84. The normalized spacial score (nSPS) is 16.7. The lowest BCUT2D eigenvalue weighted by molar-refractivity contribution is 0.00916. The number of rotatable bonds is 7. The fourth-order valence-electron chi connectivity index (χ4n) is 3.13. The summed E-state index contributed by atoms with van der Waals surface area (Å²) in [5.41, 5.74) is 2.09. The molecule has 1 aliphatic heterocycles. The minimum Gasteiger partial charge on any atom is -0.389 e. The molecular weight excluding hydrogens is 371 g/mol. The van der Waals surface area contributed by atoms with Gasteiger partial charge >= 0.3 is 0 Å². The summed E-state index contributed by atoms with van der Waals surface area (Å²) in [6, 6.07) is 15.5. The van der Waals surface area contributed by atoms with E-state index in [-0.39, 0.29) is 0 Å². The Labute approximate surface area is 164 Å². The first-order chi connectivity index (χ1) is 12.6. The van der Waals surface area contributed by atoms with E-state index >= 15 is 0 Å². The lowest BCUT2D eigenvalue weighted by Gasteiger charge is -2.36. The average molecular weight is 395 g/mol. The smallest absolute Gasteiger partial charge is 0.0900 e. The second kappa shape index (κ2) is 9.58. The van der Waals surface area contributed by atoms with Crippen molar-refractivity contribution < 1.29 is 9.84 Å². The first-order valence-corrected chi connectivity index (χ1v) is 9.59. The van der Waals surface area contributed by atoms with E-state index in [9.17, 15) is 5.11 Å². The van der Waals surface area contributed by atoms with E-state index in [0.29, 0.717) is 24.8 Å². The molecule has 2 aromatic carbocycles. The van der Waals surface area contributed by atoms with Crippen molar-refractivity contribution in [1.29, 1.82) is 0 Å². The molecule has 4 nitrogen and oxygen atoms in total. The molecule has 0 aromatic heterocycles. The van der Waals surface area contributed by atoms with Gasteiger partial charge in [0.2, 0.25) is 0 Å². The quantitative estimate of drug-likeness (QED) is 0.776. The Balaban J connectivity index is 1.38. The highest BCUT2D eigenvalue weighted by Crippen LogP contribution is 2.21. The van der Waals surface area contributed by atoms with Gasteiger partial charge in [0.05, 0.1) is 19.3 Å².